The monoisotopic (exact) mass is 238 g/mol. The highest BCUT2D eigenvalue weighted by Gasteiger charge is 2.20. The summed E-state index contributed by atoms with van der Waals surface area (Å²) in [6, 6.07) is 2.15. The van der Waals surface area contributed by atoms with Gasteiger partial charge in [0.15, 0.2) is 0 Å². The van der Waals surface area contributed by atoms with Gasteiger partial charge in [0.25, 0.3) is 0 Å². The minimum atomic E-state index is 0.137. The lowest BCUT2D eigenvalue weighted by Gasteiger charge is -2.25. The fourth-order valence-electron chi connectivity index (χ4n) is 1.96. The van der Waals surface area contributed by atoms with Gasteiger partial charge in [-0.05, 0) is 32.0 Å². The van der Waals surface area contributed by atoms with Crippen LogP contribution in [0.2, 0.25) is 0 Å². The molecule has 1 aromatic heterocycles. The van der Waals surface area contributed by atoms with E-state index in [-0.39, 0.29) is 12.1 Å². The first-order chi connectivity index (χ1) is 8.26. The summed E-state index contributed by atoms with van der Waals surface area (Å²) in [5, 5.41) is 3.27. The Morgan fingerprint density at radius 2 is 2.12 bits per heavy atom. The predicted molar refractivity (Wildman–Crippen MR) is 68.3 cm³/mol. The second-order valence-corrected chi connectivity index (χ2v) is 3.84. The molecule has 0 bridgehead atoms. The summed E-state index contributed by atoms with van der Waals surface area (Å²) in [4.78, 5) is 4.20. The van der Waals surface area contributed by atoms with Crippen LogP contribution in [0.5, 0.6) is 5.75 Å². The summed E-state index contributed by atoms with van der Waals surface area (Å²) in [6.07, 6.45) is 4.67. The first kappa shape index (κ1) is 13.9. The van der Waals surface area contributed by atoms with Crippen LogP contribution in [0.1, 0.15) is 31.9 Å². The second kappa shape index (κ2) is 7.25. The van der Waals surface area contributed by atoms with Crippen LogP contribution >= 0.6 is 0 Å². The summed E-state index contributed by atoms with van der Waals surface area (Å²) in [5.41, 5.74) is 1.09. The van der Waals surface area contributed by atoms with E-state index in [1.165, 1.54) is 0 Å². The highest BCUT2D eigenvalue weighted by molar-refractivity contribution is 5.26. The van der Waals surface area contributed by atoms with E-state index in [1.54, 1.807) is 13.3 Å². The zero-order valence-electron chi connectivity index (χ0n) is 11.1. The number of hydrogen-bond donors (Lipinski definition) is 1. The Bertz CT molecular complexity index is 327. The first-order valence-electron chi connectivity index (χ1n) is 6.04. The summed E-state index contributed by atoms with van der Waals surface area (Å²) >= 11 is 0. The Morgan fingerprint density at radius 1 is 1.35 bits per heavy atom. The molecule has 0 saturated heterocycles. The van der Waals surface area contributed by atoms with Crippen LogP contribution in [0.15, 0.2) is 18.5 Å². The van der Waals surface area contributed by atoms with Gasteiger partial charge in [0.2, 0.25) is 0 Å². The molecule has 0 aromatic carbocycles. The van der Waals surface area contributed by atoms with Crippen molar-refractivity contribution in [1.82, 2.24) is 10.3 Å². The van der Waals surface area contributed by atoms with Gasteiger partial charge in [-0.1, -0.05) is 6.92 Å². The van der Waals surface area contributed by atoms with Gasteiger partial charge in [-0.2, -0.15) is 0 Å². The number of aromatic nitrogens is 1. The van der Waals surface area contributed by atoms with Gasteiger partial charge in [0.05, 0.1) is 24.9 Å². The third-order valence-electron chi connectivity index (χ3n) is 2.79. The Morgan fingerprint density at radius 3 is 2.65 bits per heavy atom. The highest BCUT2D eigenvalue weighted by Crippen LogP contribution is 2.23. The van der Waals surface area contributed by atoms with Gasteiger partial charge >= 0.3 is 0 Å². The van der Waals surface area contributed by atoms with E-state index in [1.807, 2.05) is 26.2 Å². The third kappa shape index (κ3) is 3.68. The molecule has 17 heavy (non-hydrogen) atoms. The number of nitrogens with zero attached hydrogens (tertiary/aromatic N) is 1. The summed E-state index contributed by atoms with van der Waals surface area (Å²) in [7, 11) is 3.66. The van der Waals surface area contributed by atoms with E-state index in [0.29, 0.717) is 6.61 Å². The van der Waals surface area contributed by atoms with Crippen molar-refractivity contribution in [3.05, 3.63) is 24.0 Å². The maximum absolute atomic E-state index is 5.48. The topological polar surface area (TPSA) is 43.4 Å². The Kier molecular flexibility index (Phi) is 5.94. The minimum Gasteiger partial charge on any atom is -0.492 e. The number of nitrogens with one attached hydrogen (secondary N) is 1. The molecule has 4 nitrogen and oxygen atoms in total. The van der Waals surface area contributed by atoms with Crippen LogP contribution in [-0.4, -0.2) is 31.9 Å². The van der Waals surface area contributed by atoms with Crippen molar-refractivity contribution >= 4 is 0 Å². The molecule has 1 aromatic rings. The normalized spacial score (nSPS) is 14.4. The molecule has 0 radical (unpaired) electrons. The average Bonchev–Trinajstić information content (AvgIpc) is 2.36. The number of ether oxygens (including phenoxy) is 2. The molecular weight excluding hydrogens is 216 g/mol. The number of pyridine rings is 1. The lowest BCUT2D eigenvalue weighted by molar-refractivity contribution is 0.0674. The van der Waals surface area contributed by atoms with Crippen LogP contribution in [0.3, 0.4) is 0 Å². The second-order valence-electron chi connectivity index (χ2n) is 3.84. The smallest absolute Gasteiger partial charge is 0.137 e. The minimum absolute atomic E-state index is 0.137. The van der Waals surface area contributed by atoms with E-state index in [2.05, 4.69) is 17.2 Å². The fourth-order valence-corrected chi connectivity index (χ4v) is 1.96. The van der Waals surface area contributed by atoms with Crippen molar-refractivity contribution < 1.29 is 9.47 Å². The van der Waals surface area contributed by atoms with E-state index in [0.717, 1.165) is 17.7 Å². The van der Waals surface area contributed by atoms with E-state index >= 15 is 0 Å². The van der Waals surface area contributed by atoms with Crippen molar-refractivity contribution in [1.29, 1.82) is 0 Å². The molecule has 0 spiro atoms. The van der Waals surface area contributed by atoms with E-state index in [4.69, 9.17) is 9.47 Å². The predicted octanol–water partition coefficient (Wildman–Crippen LogP) is 2.17. The van der Waals surface area contributed by atoms with Gasteiger partial charge in [-0.3, -0.25) is 4.98 Å². The van der Waals surface area contributed by atoms with Crippen LogP contribution in [0.25, 0.3) is 0 Å². The van der Waals surface area contributed by atoms with Gasteiger partial charge in [-0.15, -0.1) is 0 Å². The molecule has 0 aliphatic rings. The molecule has 2 atom stereocenters. The number of hydrogen-bond acceptors (Lipinski definition) is 4. The van der Waals surface area contributed by atoms with Crippen LogP contribution in [-0.2, 0) is 4.74 Å². The summed E-state index contributed by atoms with van der Waals surface area (Å²) in [6.45, 7) is 4.72. The third-order valence-corrected chi connectivity index (χ3v) is 2.79. The quantitative estimate of drug-likeness (QED) is 0.790. The summed E-state index contributed by atoms with van der Waals surface area (Å²) < 4.78 is 10.9. The molecule has 0 aliphatic heterocycles. The van der Waals surface area contributed by atoms with Gasteiger partial charge < -0.3 is 14.8 Å². The van der Waals surface area contributed by atoms with Gasteiger partial charge in [0, 0.05) is 13.3 Å². The molecule has 0 saturated carbocycles. The summed E-state index contributed by atoms with van der Waals surface area (Å²) in [5.74, 6) is 0.802. The first-order valence-corrected chi connectivity index (χ1v) is 6.04. The fraction of sp³-hybridized carbons (Fsp3) is 0.615. The molecular formula is C13H22N2O2. The SMILES string of the molecule is CCOc1cncc(C(NC)C(CC)OC)c1. The van der Waals surface area contributed by atoms with Gasteiger partial charge in [0.1, 0.15) is 5.75 Å². The Balaban J connectivity index is 2.90. The molecule has 96 valence electrons. The number of methoxy groups -OCH3 is 1. The van der Waals surface area contributed by atoms with Crippen molar-refractivity contribution in [2.75, 3.05) is 20.8 Å². The Labute approximate surface area is 103 Å². The Hall–Kier alpha value is -1.13. The standard InChI is InChI=1S/C13H22N2O2/c1-5-12(16-4)13(14-3)10-7-11(17-6-2)9-15-8-10/h7-9,12-14H,5-6H2,1-4H3. The van der Waals surface area contributed by atoms with Gasteiger partial charge in [-0.25, -0.2) is 0 Å². The van der Waals surface area contributed by atoms with Crippen LogP contribution in [0, 0.1) is 0 Å². The van der Waals surface area contributed by atoms with Crippen LogP contribution in [0.4, 0.5) is 0 Å². The maximum atomic E-state index is 5.48. The average molecular weight is 238 g/mol. The largest absolute Gasteiger partial charge is 0.492 e. The lowest BCUT2D eigenvalue weighted by atomic mass is 10.0. The van der Waals surface area contributed by atoms with Crippen LogP contribution < -0.4 is 10.1 Å². The molecule has 1 heterocycles. The van der Waals surface area contributed by atoms with Crippen molar-refractivity contribution in [3.8, 4) is 5.75 Å². The van der Waals surface area contributed by atoms with E-state index in [9.17, 15) is 0 Å². The number of rotatable bonds is 7. The molecule has 0 fully saturated rings. The maximum Gasteiger partial charge on any atom is 0.137 e. The highest BCUT2D eigenvalue weighted by atomic mass is 16.5. The number of likely N-dealkylation sites (N-methyl/N-ethyl adjacent to an activating group) is 1. The molecule has 1 N–H and O–H groups in total. The lowest BCUT2D eigenvalue weighted by Crippen LogP contribution is -2.30. The van der Waals surface area contributed by atoms with Crippen molar-refractivity contribution in [2.24, 2.45) is 0 Å². The molecule has 0 amide bonds. The van der Waals surface area contributed by atoms with Crippen molar-refractivity contribution in [2.45, 2.75) is 32.4 Å². The zero-order valence-corrected chi connectivity index (χ0v) is 11.1. The zero-order chi connectivity index (χ0) is 12.7. The van der Waals surface area contributed by atoms with E-state index < -0.39 is 0 Å². The molecule has 4 heteroatoms. The van der Waals surface area contributed by atoms with Crippen molar-refractivity contribution in [3.63, 3.8) is 0 Å². The molecule has 0 aliphatic carbocycles. The molecule has 1 rings (SSSR count). The molecule has 2 unspecified atom stereocenters.